The van der Waals surface area contributed by atoms with E-state index < -0.39 is 0 Å². The van der Waals surface area contributed by atoms with Crippen molar-refractivity contribution >= 4 is 0 Å². The van der Waals surface area contributed by atoms with Crippen molar-refractivity contribution in [3.05, 3.63) is 11.5 Å². The highest BCUT2D eigenvalue weighted by molar-refractivity contribution is 5.17. The topological polar surface area (TPSA) is 44.3 Å². The molecule has 1 atom stereocenters. The maximum atomic E-state index is 9.42. The number of rotatable bonds is 1. The van der Waals surface area contributed by atoms with Gasteiger partial charge in [-0.25, -0.2) is 5.43 Å². The molecule has 0 bridgehead atoms. The summed E-state index contributed by atoms with van der Waals surface area (Å²) in [7, 11) is 0. The van der Waals surface area contributed by atoms with E-state index in [0.717, 1.165) is 5.70 Å². The van der Waals surface area contributed by atoms with Gasteiger partial charge in [-0.05, 0) is 25.7 Å². The summed E-state index contributed by atoms with van der Waals surface area (Å²) >= 11 is 0. The maximum Gasteiger partial charge on any atom is 0.131 e. The van der Waals surface area contributed by atoms with Gasteiger partial charge in [0.05, 0.1) is 11.7 Å². The molecule has 3 nitrogen and oxygen atoms in total. The lowest BCUT2D eigenvalue weighted by Gasteiger charge is -2.07. The lowest BCUT2D eigenvalue weighted by molar-refractivity contribution is 0.340. The minimum atomic E-state index is 0.194. The Morgan fingerprint density at radius 3 is 2.60 bits per heavy atom. The van der Waals surface area contributed by atoms with Crippen LogP contribution in [0.15, 0.2) is 11.5 Å². The van der Waals surface area contributed by atoms with Gasteiger partial charge in [0.15, 0.2) is 0 Å². The molecule has 0 saturated heterocycles. The minimum Gasteiger partial charge on any atom is -0.509 e. The summed E-state index contributed by atoms with van der Waals surface area (Å²) in [5.41, 5.74) is 6.84. The summed E-state index contributed by atoms with van der Waals surface area (Å²) in [6, 6.07) is 0.194. The van der Waals surface area contributed by atoms with Gasteiger partial charge < -0.3 is 10.5 Å². The van der Waals surface area contributed by atoms with E-state index in [9.17, 15) is 5.11 Å². The molecule has 0 aromatic rings. The molecule has 1 aliphatic carbocycles. The number of hydrogen-bond donors (Lipinski definition) is 3. The van der Waals surface area contributed by atoms with E-state index in [1.165, 1.54) is 12.8 Å². The molecule has 3 N–H and O–H groups in total. The largest absolute Gasteiger partial charge is 0.509 e. The van der Waals surface area contributed by atoms with Gasteiger partial charge in [-0.2, -0.15) is 0 Å². The average Bonchev–Trinajstić information content (AvgIpc) is 2.67. The number of aliphatic hydroxyl groups excluding tert-OH is 1. The van der Waals surface area contributed by atoms with Crippen molar-refractivity contribution in [1.29, 1.82) is 0 Å². The summed E-state index contributed by atoms with van der Waals surface area (Å²) in [6.45, 7) is 1.88. The van der Waals surface area contributed by atoms with Crippen LogP contribution in [0.1, 0.15) is 19.8 Å². The third-order valence-electron chi connectivity index (χ3n) is 2.19. The molecule has 0 amide bonds. The van der Waals surface area contributed by atoms with Crippen molar-refractivity contribution in [2.45, 2.75) is 25.8 Å². The van der Waals surface area contributed by atoms with Gasteiger partial charge >= 0.3 is 0 Å². The molecule has 1 unspecified atom stereocenters. The Morgan fingerprint density at radius 1 is 1.50 bits per heavy atom. The predicted octanol–water partition coefficient (Wildman–Crippen LogP) is 0.662. The molecule has 0 aromatic carbocycles. The van der Waals surface area contributed by atoms with Gasteiger partial charge in [-0.3, -0.25) is 0 Å². The molecule has 2 rings (SSSR count). The van der Waals surface area contributed by atoms with E-state index in [1.54, 1.807) is 0 Å². The molecule has 10 heavy (non-hydrogen) atoms. The van der Waals surface area contributed by atoms with Crippen LogP contribution < -0.4 is 10.9 Å². The van der Waals surface area contributed by atoms with Crippen molar-refractivity contribution in [2.24, 2.45) is 5.92 Å². The Morgan fingerprint density at radius 2 is 2.20 bits per heavy atom. The van der Waals surface area contributed by atoms with Crippen LogP contribution in [0.25, 0.3) is 0 Å². The van der Waals surface area contributed by atoms with Crippen LogP contribution >= 0.6 is 0 Å². The number of nitrogens with one attached hydrogen (secondary N) is 2. The Balaban J connectivity index is 2.11. The number of allylic oxidation sites excluding steroid dienone is 1. The summed E-state index contributed by atoms with van der Waals surface area (Å²) in [5, 5.41) is 9.42. The Bertz CT molecular complexity index is 184. The van der Waals surface area contributed by atoms with Gasteiger partial charge in [0.25, 0.3) is 0 Å². The molecule has 3 heteroatoms. The van der Waals surface area contributed by atoms with Gasteiger partial charge in [-0.1, -0.05) is 0 Å². The van der Waals surface area contributed by atoms with E-state index in [0.29, 0.717) is 11.7 Å². The van der Waals surface area contributed by atoms with Crippen LogP contribution in [-0.4, -0.2) is 11.1 Å². The molecule has 1 fully saturated rings. The SMILES string of the molecule is CC1=C(O)C(C2CC2)NN1. The maximum absolute atomic E-state index is 9.42. The number of aliphatic hydroxyl groups is 1. The fraction of sp³-hybridized carbons (Fsp3) is 0.714. The predicted molar refractivity (Wildman–Crippen MR) is 38.1 cm³/mol. The van der Waals surface area contributed by atoms with Crippen molar-refractivity contribution in [3.63, 3.8) is 0 Å². The van der Waals surface area contributed by atoms with Gasteiger partial charge in [0.1, 0.15) is 5.76 Å². The molecule has 2 aliphatic rings. The zero-order chi connectivity index (χ0) is 7.14. The average molecular weight is 140 g/mol. The molecule has 0 aromatic heterocycles. The lowest BCUT2D eigenvalue weighted by Crippen LogP contribution is -2.34. The van der Waals surface area contributed by atoms with E-state index in [-0.39, 0.29) is 6.04 Å². The third kappa shape index (κ3) is 0.778. The van der Waals surface area contributed by atoms with Crippen molar-refractivity contribution in [1.82, 2.24) is 10.9 Å². The minimum absolute atomic E-state index is 0.194. The fourth-order valence-corrected chi connectivity index (χ4v) is 1.32. The lowest BCUT2D eigenvalue weighted by atomic mass is 10.1. The fourth-order valence-electron chi connectivity index (χ4n) is 1.32. The Hall–Kier alpha value is -0.700. The highest BCUT2D eigenvalue weighted by atomic mass is 16.3. The molecule has 0 spiro atoms. The molecule has 1 aliphatic heterocycles. The first-order valence-electron chi connectivity index (χ1n) is 3.70. The van der Waals surface area contributed by atoms with Gasteiger partial charge in [-0.15, -0.1) is 0 Å². The summed E-state index contributed by atoms with van der Waals surface area (Å²) in [6.07, 6.45) is 2.49. The first-order valence-corrected chi connectivity index (χ1v) is 3.70. The number of hydrogen-bond acceptors (Lipinski definition) is 3. The van der Waals surface area contributed by atoms with E-state index >= 15 is 0 Å². The first kappa shape index (κ1) is 6.04. The Kier molecular flexibility index (Phi) is 1.14. The second-order valence-corrected chi connectivity index (χ2v) is 3.09. The van der Waals surface area contributed by atoms with Gasteiger partial charge in [0.2, 0.25) is 0 Å². The van der Waals surface area contributed by atoms with Crippen molar-refractivity contribution in [2.75, 3.05) is 0 Å². The standard InChI is InChI=1S/C7H12N2O/c1-4-7(10)6(9-8-4)5-2-3-5/h5-6,8-10H,2-3H2,1H3. The van der Waals surface area contributed by atoms with Gasteiger partial charge in [0, 0.05) is 0 Å². The van der Waals surface area contributed by atoms with Crippen molar-refractivity contribution < 1.29 is 5.11 Å². The molecule has 0 radical (unpaired) electrons. The summed E-state index contributed by atoms with van der Waals surface area (Å²) in [4.78, 5) is 0. The van der Waals surface area contributed by atoms with Crippen molar-refractivity contribution in [3.8, 4) is 0 Å². The van der Waals surface area contributed by atoms with E-state index in [2.05, 4.69) is 10.9 Å². The molecular formula is C7H12N2O. The second-order valence-electron chi connectivity index (χ2n) is 3.09. The zero-order valence-electron chi connectivity index (χ0n) is 6.02. The van der Waals surface area contributed by atoms with Crippen LogP contribution in [0.2, 0.25) is 0 Å². The van der Waals surface area contributed by atoms with Crippen LogP contribution in [0.4, 0.5) is 0 Å². The summed E-state index contributed by atoms with van der Waals surface area (Å²) in [5.74, 6) is 1.17. The first-order chi connectivity index (χ1) is 4.79. The molecule has 1 saturated carbocycles. The highest BCUT2D eigenvalue weighted by Gasteiger charge is 2.37. The molecular weight excluding hydrogens is 128 g/mol. The molecule has 56 valence electrons. The monoisotopic (exact) mass is 140 g/mol. The van der Waals surface area contributed by atoms with E-state index in [1.807, 2.05) is 6.92 Å². The smallest absolute Gasteiger partial charge is 0.131 e. The van der Waals surface area contributed by atoms with Crippen LogP contribution in [0.5, 0.6) is 0 Å². The summed E-state index contributed by atoms with van der Waals surface area (Å²) < 4.78 is 0. The quantitative estimate of drug-likeness (QED) is 0.501. The second kappa shape index (κ2) is 1.89. The Labute approximate surface area is 60.1 Å². The van der Waals surface area contributed by atoms with Crippen LogP contribution in [-0.2, 0) is 0 Å². The van der Waals surface area contributed by atoms with E-state index in [4.69, 9.17) is 0 Å². The van der Waals surface area contributed by atoms with Crippen LogP contribution in [0, 0.1) is 5.92 Å². The third-order valence-corrected chi connectivity index (χ3v) is 2.19. The normalized spacial score (nSPS) is 32.7. The highest BCUT2D eigenvalue weighted by Crippen LogP contribution is 2.36. The molecule has 1 heterocycles. The zero-order valence-corrected chi connectivity index (χ0v) is 6.02. The van der Waals surface area contributed by atoms with Crippen LogP contribution in [0.3, 0.4) is 0 Å². The number of hydrazine groups is 1.